The molecule has 1 aliphatic rings. The van der Waals surface area contributed by atoms with Gasteiger partial charge in [0.1, 0.15) is 22.5 Å². The molecule has 1 aromatic heterocycles. The molecule has 3 N–H and O–H groups in total. The first kappa shape index (κ1) is 37.4. The Labute approximate surface area is 308 Å². The molecule has 264 valence electrons. The number of carbonyl (C=O) groups is 3. The Balaban J connectivity index is 1.30. The van der Waals surface area contributed by atoms with Crippen LogP contribution in [-0.2, 0) is 22.4 Å². The minimum atomic E-state index is -0.500. The van der Waals surface area contributed by atoms with E-state index >= 15 is 0 Å². The fourth-order valence-electron chi connectivity index (χ4n) is 5.99. The summed E-state index contributed by atoms with van der Waals surface area (Å²) in [5.74, 6) is 0.160. The standard InChI is InChI=1S/C41H44N4O4S2/c1-6-35(39(48)45-40-33(25-42)32-21-18-28(41(3,4)5)23-36(32)51-40)50-31-15-11-14-29(24-31)43-38(47)34(44-37(46)27-12-9-8-10-13-27)22-26-16-19-30(20-17-26)49-7-2/h8-17,19-20,22,24,28,35H,6-7,18,21,23H2,1-5H3,(H,43,47)(H,44,46)(H,45,48)/b34-22+. The highest BCUT2D eigenvalue weighted by atomic mass is 32.2. The van der Waals surface area contributed by atoms with E-state index in [0.717, 1.165) is 29.7 Å². The van der Waals surface area contributed by atoms with Crippen molar-refractivity contribution in [1.29, 1.82) is 5.26 Å². The van der Waals surface area contributed by atoms with Gasteiger partial charge in [0.05, 0.1) is 17.4 Å². The summed E-state index contributed by atoms with van der Waals surface area (Å²) >= 11 is 2.93. The number of nitrogens with zero attached hydrogens (tertiary/aromatic N) is 1. The second kappa shape index (κ2) is 16.9. The van der Waals surface area contributed by atoms with Crippen molar-refractivity contribution in [1.82, 2.24) is 5.32 Å². The number of thiophene rings is 1. The van der Waals surface area contributed by atoms with Crippen molar-refractivity contribution < 1.29 is 19.1 Å². The maximum absolute atomic E-state index is 13.7. The van der Waals surface area contributed by atoms with Gasteiger partial charge >= 0.3 is 0 Å². The van der Waals surface area contributed by atoms with Crippen LogP contribution in [-0.4, -0.2) is 29.6 Å². The Morgan fingerprint density at radius 2 is 1.76 bits per heavy atom. The SMILES string of the molecule is CCOc1ccc(/C=C(/NC(=O)c2ccccc2)C(=O)Nc2cccc(SC(CC)C(=O)Nc3sc4c(c3C#N)CCC(C(C)(C)C)C4)c2)cc1. The Hall–Kier alpha value is -4.85. The van der Waals surface area contributed by atoms with Crippen LogP contribution in [0.5, 0.6) is 5.75 Å². The zero-order valence-electron chi connectivity index (χ0n) is 29.7. The Kier molecular flexibility index (Phi) is 12.4. The number of benzene rings is 3. The quantitative estimate of drug-likeness (QED) is 0.0992. The summed E-state index contributed by atoms with van der Waals surface area (Å²) in [6.45, 7) is 11.2. The number of fused-ring (bicyclic) bond motifs is 1. The summed E-state index contributed by atoms with van der Waals surface area (Å²) < 4.78 is 5.54. The van der Waals surface area contributed by atoms with Crippen LogP contribution >= 0.6 is 23.1 Å². The number of hydrogen-bond acceptors (Lipinski definition) is 7. The van der Waals surface area contributed by atoms with Gasteiger partial charge in [-0.1, -0.05) is 64.1 Å². The molecule has 3 amide bonds. The molecule has 0 saturated heterocycles. The molecular weight excluding hydrogens is 677 g/mol. The molecule has 5 rings (SSSR count). The van der Waals surface area contributed by atoms with Crippen LogP contribution in [0.2, 0.25) is 0 Å². The first-order chi connectivity index (χ1) is 24.5. The molecule has 0 fully saturated rings. The van der Waals surface area contributed by atoms with Crippen LogP contribution in [0.25, 0.3) is 6.08 Å². The summed E-state index contributed by atoms with van der Waals surface area (Å²) in [5, 5.41) is 19.0. The van der Waals surface area contributed by atoms with Gasteiger partial charge in [-0.2, -0.15) is 5.26 Å². The number of nitrogens with one attached hydrogen (secondary N) is 3. The molecule has 10 heteroatoms. The molecule has 0 bridgehead atoms. The van der Waals surface area contributed by atoms with Crippen LogP contribution < -0.4 is 20.7 Å². The van der Waals surface area contributed by atoms with Crippen molar-refractivity contribution >= 4 is 57.6 Å². The van der Waals surface area contributed by atoms with Gasteiger partial charge in [-0.05, 0) is 104 Å². The van der Waals surface area contributed by atoms with Gasteiger partial charge in [-0.15, -0.1) is 23.1 Å². The third kappa shape index (κ3) is 9.69. The van der Waals surface area contributed by atoms with E-state index < -0.39 is 17.1 Å². The predicted octanol–water partition coefficient (Wildman–Crippen LogP) is 9.09. The van der Waals surface area contributed by atoms with Gasteiger partial charge in [0.25, 0.3) is 11.8 Å². The van der Waals surface area contributed by atoms with Crippen molar-refractivity contribution in [3.63, 3.8) is 0 Å². The average molecular weight is 721 g/mol. The number of amides is 3. The number of ether oxygens (including phenoxy) is 1. The molecule has 0 aliphatic heterocycles. The highest BCUT2D eigenvalue weighted by molar-refractivity contribution is 8.00. The minimum absolute atomic E-state index is 0.0673. The van der Waals surface area contributed by atoms with E-state index in [1.54, 1.807) is 48.5 Å². The molecule has 2 atom stereocenters. The molecule has 8 nitrogen and oxygen atoms in total. The summed E-state index contributed by atoms with van der Waals surface area (Å²) in [6.07, 6.45) is 4.99. The molecular formula is C41H44N4O4S2. The maximum atomic E-state index is 13.7. The molecule has 1 aliphatic carbocycles. The molecule has 3 aromatic carbocycles. The van der Waals surface area contributed by atoms with E-state index in [0.29, 0.717) is 52.1 Å². The second-order valence-electron chi connectivity index (χ2n) is 13.5. The van der Waals surface area contributed by atoms with Gasteiger partial charge < -0.3 is 20.7 Å². The third-order valence-electron chi connectivity index (χ3n) is 8.90. The lowest BCUT2D eigenvalue weighted by molar-refractivity contribution is -0.116. The van der Waals surface area contributed by atoms with Gasteiger partial charge in [0, 0.05) is 21.0 Å². The van der Waals surface area contributed by atoms with E-state index in [9.17, 15) is 19.6 Å². The van der Waals surface area contributed by atoms with E-state index in [2.05, 4.69) is 42.8 Å². The number of nitriles is 1. The van der Waals surface area contributed by atoms with Gasteiger partial charge in [0.2, 0.25) is 5.91 Å². The molecule has 51 heavy (non-hydrogen) atoms. The van der Waals surface area contributed by atoms with Crippen molar-refractivity contribution in [2.75, 3.05) is 17.2 Å². The molecule has 4 aromatic rings. The Morgan fingerprint density at radius 3 is 2.43 bits per heavy atom. The number of hydrogen-bond donors (Lipinski definition) is 3. The lowest BCUT2D eigenvalue weighted by atomic mass is 9.72. The number of anilines is 2. The smallest absolute Gasteiger partial charge is 0.272 e. The molecule has 0 spiro atoms. The summed E-state index contributed by atoms with van der Waals surface area (Å²) in [5.41, 5.74) is 3.56. The molecule has 0 saturated carbocycles. The number of carbonyl (C=O) groups excluding carboxylic acids is 3. The van der Waals surface area contributed by atoms with E-state index in [-0.39, 0.29) is 17.0 Å². The van der Waals surface area contributed by atoms with Crippen molar-refractivity contribution in [2.24, 2.45) is 11.3 Å². The van der Waals surface area contributed by atoms with Crippen LogP contribution in [0.15, 0.2) is 89.5 Å². The molecule has 2 unspecified atom stereocenters. The lowest BCUT2D eigenvalue weighted by Gasteiger charge is -2.33. The summed E-state index contributed by atoms with van der Waals surface area (Å²) in [4.78, 5) is 42.3. The monoisotopic (exact) mass is 720 g/mol. The average Bonchev–Trinajstić information content (AvgIpc) is 3.47. The second-order valence-corrected chi connectivity index (χ2v) is 15.9. The highest BCUT2D eigenvalue weighted by Crippen LogP contribution is 2.44. The van der Waals surface area contributed by atoms with Crippen molar-refractivity contribution in [3.8, 4) is 11.8 Å². The zero-order chi connectivity index (χ0) is 36.5. The number of thioether (sulfide) groups is 1. The third-order valence-corrected chi connectivity index (χ3v) is 11.4. The van der Waals surface area contributed by atoms with Gasteiger partial charge in [-0.25, -0.2) is 0 Å². The molecule has 0 radical (unpaired) electrons. The van der Waals surface area contributed by atoms with E-state index in [1.807, 2.05) is 50.2 Å². The first-order valence-electron chi connectivity index (χ1n) is 17.2. The summed E-state index contributed by atoms with van der Waals surface area (Å²) in [7, 11) is 0. The van der Waals surface area contributed by atoms with Crippen LogP contribution in [0.1, 0.15) is 79.4 Å². The summed E-state index contributed by atoms with van der Waals surface area (Å²) in [6, 6.07) is 25.6. The number of rotatable bonds is 12. The molecule has 1 heterocycles. The zero-order valence-corrected chi connectivity index (χ0v) is 31.3. The van der Waals surface area contributed by atoms with Crippen molar-refractivity contribution in [2.45, 2.75) is 70.4 Å². The largest absolute Gasteiger partial charge is 0.494 e. The van der Waals surface area contributed by atoms with Gasteiger partial charge in [-0.3, -0.25) is 14.4 Å². The van der Waals surface area contributed by atoms with E-state index in [1.165, 1.54) is 28.0 Å². The fraction of sp³-hybridized carbons (Fsp3) is 0.317. The first-order valence-corrected chi connectivity index (χ1v) is 18.9. The normalized spacial score (nSPS) is 14.8. The maximum Gasteiger partial charge on any atom is 0.272 e. The minimum Gasteiger partial charge on any atom is -0.494 e. The van der Waals surface area contributed by atoms with Crippen LogP contribution in [0.4, 0.5) is 10.7 Å². The van der Waals surface area contributed by atoms with E-state index in [4.69, 9.17) is 4.74 Å². The Bertz CT molecular complexity index is 1940. The Morgan fingerprint density at radius 1 is 1.02 bits per heavy atom. The van der Waals surface area contributed by atoms with Crippen LogP contribution in [0.3, 0.4) is 0 Å². The topological polar surface area (TPSA) is 120 Å². The van der Waals surface area contributed by atoms with Gasteiger partial charge in [0.15, 0.2) is 0 Å². The predicted molar refractivity (Wildman–Crippen MR) is 207 cm³/mol. The fourth-order valence-corrected chi connectivity index (χ4v) is 8.29. The highest BCUT2D eigenvalue weighted by Gasteiger charge is 2.33. The van der Waals surface area contributed by atoms with Crippen LogP contribution in [0, 0.1) is 22.7 Å². The van der Waals surface area contributed by atoms with Crippen molar-refractivity contribution in [3.05, 3.63) is 112 Å². The lowest BCUT2D eigenvalue weighted by Crippen LogP contribution is -2.30.